The highest BCUT2D eigenvalue weighted by Crippen LogP contribution is 2.24. The minimum absolute atomic E-state index is 0.0456. The molecule has 6 heteroatoms. The lowest BCUT2D eigenvalue weighted by Crippen LogP contribution is -2.19. The third kappa shape index (κ3) is 3.15. The van der Waals surface area contributed by atoms with Crippen LogP contribution in [-0.4, -0.2) is 10.5 Å². The first kappa shape index (κ1) is 15.7. The van der Waals surface area contributed by atoms with Crippen molar-refractivity contribution in [2.24, 2.45) is 0 Å². The van der Waals surface area contributed by atoms with Crippen molar-refractivity contribution in [2.75, 3.05) is 5.32 Å². The molecule has 0 aliphatic heterocycles. The fraction of sp³-hybridized carbons (Fsp3) is 0.267. The van der Waals surface area contributed by atoms with Gasteiger partial charge in [-0.25, -0.2) is 8.78 Å². The summed E-state index contributed by atoms with van der Waals surface area (Å²) in [7, 11) is 0. The lowest BCUT2D eigenvalue weighted by molar-refractivity contribution is 0.101. The zero-order chi connectivity index (χ0) is 15.7. The average molecular weight is 357 g/mol. The van der Waals surface area contributed by atoms with Crippen molar-refractivity contribution in [3.05, 3.63) is 51.8 Å². The molecule has 2 rings (SSSR count). The first-order valence-electron chi connectivity index (χ1n) is 6.44. The Balaban J connectivity index is 2.37. The molecule has 1 aromatic carbocycles. The molecule has 112 valence electrons. The number of hydrogen-bond donors (Lipinski definition) is 1. The van der Waals surface area contributed by atoms with E-state index in [1.807, 2.05) is 13.8 Å². The van der Waals surface area contributed by atoms with Crippen LogP contribution in [0.4, 0.5) is 14.5 Å². The monoisotopic (exact) mass is 356 g/mol. The van der Waals surface area contributed by atoms with E-state index >= 15 is 0 Å². The SMILES string of the molecule is Cc1ccc(F)c(NC(=O)c2cc(Br)cn2C(C)C)c1F. The minimum Gasteiger partial charge on any atom is -0.340 e. The van der Waals surface area contributed by atoms with Gasteiger partial charge in [0.15, 0.2) is 5.82 Å². The number of carbonyl (C=O) groups is 1. The number of hydrogen-bond acceptors (Lipinski definition) is 1. The van der Waals surface area contributed by atoms with Crippen LogP contribution in [0.2, 0.25) is 0 Å². The van der Waals surface area contributed by atoms with Gasteiger partial charge < -0.3 is 9.88 Å². The molecule has 1 amide bonds. The first-order valence-corrected chi connectivity index (χ1v) is 7.24. The predicted molar refractivity (Wildman–Crippen MR) is 81.6 cm³/mol. The summed E-state index contributed by atoms with van der Waals surface area (Å²) in [6, 6.07) is 4.12. The molecular weight excluding hydrogens is 342 g/mol. The van der Waals surface area contributed by atoms with Crippen molar-refractivity contribution in [3.63, 3.8) is 0 Å². The molecule has 0 saturated carbocycles. The molecule has 2 aromatic rings. The number of nitrogens with one attached hydrogen (secondary N) is 1. The van der Waals surface area contributed by atoms with Gasteiger partial charge in [0.05, 0.1) is 0 Å². The van der Waals surface area contributed by atoms with Gasteiger partial charge in [-0.05, 0) is 54.4 Å². The number of aryl methyl sites for hydroxylation is 1. The smallest absolute Gasteiger partial charge is 0.272 e. The van der Waals surface area contributed by atoms with Gasteiger partial charge in [0.1, 0.15) is 17.2 Å². The average Bonchev–Trinajstić information content (AvgIpc) is 2.81. The van der Waals surface area contributed by atoms with Crippen LogP contribution in [0.25, 0.3) is 0 Å². The topological polar surface area (TPSA) is 34.0 Å². The van der Waals surface area contributed by atoms with Crippen molar-refractivity contribution in [3.8, 4) is 0 Å². The van der Waals surface area contributed by atoms with Gasteiger partial charge in [0.2, 0.25) is 0 Å². The van der Waals surface area contributed by atoms with Gasteiger partial charge in [0, 0.05) is 16.7 Å². The molecule has 0 atom stereocenters. The van der Waals surface area contributed by atoms with Gasteiger partial charge in [-0.15, -0.1) is 0 Å². The normalized spacial score (nSPS) is 11.0. The number of anilines is 1. The molecule has 0 spiro atoms. The van der Waals surface area contributed by atoms with Crippen molar-refractivity contribution in [1.82, 2.24) is 4.57 Å². The number of halogens is 3. The molecule has 0 saturated heterocycles. The van der Waals surface area contributed by atoms with Crippen LogP contribution in [-0.2, 0) is 0 Å². The lowest BCUT2D eigenvalue weighted by Gasteiger charge is -2.14. The van der Waals surface area contributed by atoms with E-state index in [4.69, 9.17) is 0 Å². The summed E-state index contributed by atoms with van der Waals surface area (Å²) in [5.41, 5.74) is 0.178. The largest absolute Gasteiger partial charge is 0.340 e. The molecule has 0 aliphatic carbocycles. The number of nitrogens with zero attached hydrogens (tertiary/aromatic N) is 1. The molecular formula is C15H15BrF2N2O. The zero-order valence-corrected chi connectivity index (χ0v) is 13.5. The highest BCUT2D eigenvalue weighted by atomic mass is 79.9. The second-order valence-electron chi connectivity index (χ2n) is 5.05. The van der Waals surface area contributed by atoms with Crippen LogP contribution in [0, 0.1) is 18.6 Å². The fourth-order valence-electron chi connectivity index (χ4n) is 2.00. The molecule has 3 nitrogen and oxygen atoms in total. The predicted octanol–water partition coefficient (Wildman–Crippen LogP) is 4.67. The number of amides is 1. The van der Waals surface area contributed by atoms with Crippen molar-refractivity contribution in [1.29, 1.82) is 0 Å². The van der Waals surface area contributed by atoms with Crippen molar-refractivity contribution in [2.45, 2.75) is 26.8 Å². The van der Waals surface area contributed by atoms with E-state index in [-0.39, 0.29) is 11.6 Å². The maximum Gasteiger partial charge on any atom is 0.272 e. The van der Waals surface area contributed by atoms with Crippen molar-refractivity contribution >= 4 is 27.5 Å². The summed E-state index contributed by atoms with van der Waals surface area (Å²) in [5.74, 6) is -2.11. The summed E-state index contributed by atoms with van der Waals surface area (Å²) < 4.78 is 30.1. The molecule has 0 radical (unpaired) electrons. The Morgan fingerprint density at radius 2 is 2.00 bits per heavy atom. The summed E-state index contributed by atoms with van der Waals surface area (Å²) in [6.07, 6.45) is 1.75. The van der Waals surface area contributed by atoms with Crippen molar-refractivity contribution < 1.29 is 13.6 Å². The van der Waals surface area contributed by atoms with E-state index in [0.717, 1.165) is 10.5 Å². The lowest BCUT2D eigenvalue weighted by atomic mass is 10.2. The van der Waals surface area contributed by atoms with E-state index in [1.165, 1.54) is 13.0 Å². The van der Waals surface area contributed by atoms with Crippen LogP contribution in [0.1, 0.15) is 35.9 Å². The second kappa shape index (κ2) is 5.97. The summed E-state index contributed by atoms with van der Waals surface area (Å²) in [4.78, 5) is 12.3. The zero-order valence-electron chi connectivity index (χ0n) is 11.9. The van der Waals surface area contributed by atoms with Gasteiger partial charge in [-0.1, -0.05) is 6.07 Å². The quantitative estimate of drug-likeness (QED) is 0.851. The van der Waals surface area contributed by atoms with Crippen LogP contribution in [0.15, 0.2) is 28.9 Å². The molecule has 0 fully saturated rings. The van der Waals surface area contributed by atoms with E-state index in [1.54, 1.807) is 16.8 Å². The van der Waals surface area contributed by atoms with Gasteiger partial charge in [0.25, 0.3) is 5.91 Å². The maximum atomic E-state index is 13.9. The van der Waals surface area contributed by atoms with E-state index in [2.05, 4.69) is 21.2 Å². The van der Waals surface area contributed by atoms with Gasteiger partial charge in [-0.3, -0.25) is 4.79 Å². The molecule has 0 unspecified atom stereocenters. The number of benzene rings is 1. The minimum atomic E-state index is -0.798. The van der Waals surface area contributed by atoms with Crippen LogP contribution in [0.5, 0.6) is 0 Å². The summed E-state index contributed by atoms with van der Waals surface area (Å²) in [5, 5.41) is 2.31. The third-order valence-corrected chi connectivity index (χ3v) is 3.56. The third-order valence-electron chi connectivity index (χ3n) is 3.13. The molecule has 1 heterocycles. The Kier molecular flexibility index (Phi) is 4.46. The van der Waals surface area contributed by atoms with E-state index in [9.17, 15) is 13.6 Å². The number of rotatable bonds is 3. The Bertz CT molecular complexity index is 695. The van der Waals surface area contributed by atoms with E-state index in [0.29, 0.717) is 5.69 Å². The van der Waals surface area contributed by atoms with Gasteiger partial charge >= 0.3 is 0 Å². The Hall–Kier alpha value is -1.69. The summed E-state index contributed by atoms with van der Waals surface area (Å²) in [6.45, 7) is 5.34. The highest BCUT2D eigenvalue weighted by Gasteiger charge is 2.19. The first-order chi connectivity index (χ1) is 9.81. The van der Waals surface area contributed by atoms with Gasteiger partial charge in [-0.2, -0.15) is 0 Å². The van der Waals surface area contributed by atoms with Crippen LogP contribution in [0.3, 0.4) is 0 Å². The van der Waals surface area contributed by atoms with E-state index < -0.39 is 23.2 Å². The summed E-state index contributed by atoms with van der Waals surface area (Å²) >= 11 is 3.30. The molecule has 0 aliphatic rings. The Labute approximate surface area is 130 Å². The maximum absolute atomic E-state index is 13.9. The number of carbonyl (C=O) groups excluding carboxylic acids is 1. The molecule has 1 aromatic heterocycles. The molecule has 0 bridgehead atoms. The Morgan fingerprint density at radius 3 is 2.62 bits per heavy atom. The number of aromatic nitrogens is 1. The van der Waals surface area contributed by atoms with Crippen LogP contribution < -0.4 is 5.32 Å². The fourth-order valence-corrected chi connectivity index (χ4v) is 2.44. The highest BCUT2D eigenvalue weighted by molar-refractivity contribution is 9.10. The molecule has 1 N–H and O–H groups in total. The standard InChI is InChI=1S/C15H15BrF2N2O/c1-8(2)20-7-10(16)6-12(20)15(21)19-14-11(17)5-4-9(3)13(14)18/h4-8H,1-3H3,(H,19,21). The van der Waals surface area contributed by atoms with Crippen LogP contribution >= 0.6 is 15.9 Å². The Morgan fingerprint density at radius 1 is 1.33 bits per heavy atom. The second-order valence-corrected chi connectivity index (χ2v) is 5.97. The molecule has 21 heavy (non-hydrogen) atoms.